The van der Waals surface area contributed by atoms with Crippen molar-refractivity contribution in [2.75, 3.05) is 19.7 Å². The highest BCUT2D eigenvalue weighted by atomic mass is 16.5. The predicted molar refractivity (Wildman–Crippen MR) is 66.9 cm³/mol. The molecule has 90 valence electrons. The van der Waals surface area contributed by atoms with Gasteiger partial charge in [0.1, 0.15) is 6.61 Å². The van der Waals surface area contributed by atoms with Crippen LogP contribution in [0.1, 0.15) is 18.4 Å². The summed E-state index contributed by atoms with van der Waals surface area (Å²) in [6.45, 7) is 3.40. The van der Waals surface area contributed by atoms with E-state index in [9.17, 15) is 5.11 Å². The molecule has 0 saturated carbocycles. The maximum absolute atomic E-state index is 9.62. The fourth-order valence-electron chi connectivity index (χ4n) is 2.09. The molecule has 0 radical (unpaired) electrons. The predicted octanol–water partition coefficient (Wildman–Crippen LogP) is 2.00. The number of hydrogen-bond donors (Lipinski definition) is 1. The molecule has 1 aromatic rings. The summed E-state index contributed by atoms with van der Waals surface area (Å²) in [6.07, 6.45) is 7.68. The van der Waals surface area contributed by atoms with Gasteiger partial charge in [0.05, 0.1) is 0 Å². The minimum Gasteiger partial charge on any atom is -0.504 e. The van der Waals surface area contributed by atoms with Gasteiger partial charge in [-0.3, -0.25) is 4.90 Å². The Morgan fingerprint density at radius 1 is 1.35 bits per heavy atom. The van der Waals surface area contributed by atoms with E-state index < -0.39 is 0 Å². The van der Waals surface area contributed by atoms with Crippen LogP contribution in [-0.2, 0) is 6.54 Å². The van der Waals surface area contributed by atoms with Crippen molar-refractivity contribution in [2.24, 2.45) is 0 Å². The van der Waals surface area contributed by atoms with Crippen LogP contribution in [0.25, 0.3) is 0 Å². The lowest BCUT2D eigenvalue weighted by atomic mass is 10.2. The number of aromatic hydroxyl groups is 1. The van der Waals surface area contributed by atoms with E-state index >= 15 is 0 Å². The van der Waals surface area contributed by atoms with Crippen LogP contribution in [0.2, 0.25) is 0 Å². The van der Waals surface area contributed by atoms with Gasteiger partial charge >= 0.3 is 0 Å². The van der Waals surface area contributed by atoms with Crippen molar-refractivity contribution in [2.45, 2.75) is 19.4 Å². The first-order valence-electron chi connectivity index (χ1n) is 5.90. The summed E-state index contributed by atoms with van der Waals surface area (Å²) >= 11 is 0. The molecule has 0 aromatic heterocycles. The minimum absolute atomic E-state index is 0.144. The molecule has 0 unspecified atom stereocenters. The summed E-state index contributed by atoms with van der Waals surface area (Å²) in [4.78, 5) is 2.40. The van der Waals surface area contributed by atoms with E-state index in [4.69, 9.17) is 11.2 Å². The first kappa shape index (κ1) is 11.8. The number of phenols is 1. The Morgan fingerprint density at radius 2 is 2.12 bits per heavy atom. The molecule has 1 aliphatic heterocycles. The molecule has 0 amide bonds. The molecular formula is C14H17NO2. The van der Waals surface area contributed by atoms with Crippen molar-refractivity contribution in [3.05, 3.63) is 23.8 Å². The summed E-state index contributed by atoms with van der Waals surface area (Å²) in [5, 5.41) is 9.62. The number of likely N-dealkylation sites (tertiary alicyclic amines) is 1. The molecule has 1 aromatic carbocycles. The fourth-order valence-corrected chi connectivity index (χ4v) is 2.09. The number of phenolic OH excluding ortho intramolecular Hbond substituents is 1. The Bertz CT molecular complexity index is 417. The van der Waals surface area contributed by atoms with E-state index in [1.165, 1.54) is 12.8 Å². The van der Waals surface area contributed by atoms with E-state index in [1.54, 1.807) is 6.07 Å². The number of hydrogen-bond acceptors (Lipinski definition) is 3. The van der Waals surface area contributed by atoms with E-state index in [1.807, 2.05) is 12.1 Å². The third-order valence-corrected chi connectivity index (χ3v) is 2.94. The standard InChI is InChI=1S/C14H17NO2/c1-2-9-17-14-10-12(5-6-13(14)16)11-15-7-3-4-8-15/h1,5-6,10,16H,3-4,7-9,11H2. The average Bonchev–Trinajstić information content (AvgIpc) is 2.82. The lowest BCUT2D eigenvalue weighted by molar-refractivity contribution is 0.324. The molecule has 17 heavy (non-hydrogen) atoms. The summed E-state index contributed by atoms with van der Waals surface area (Å²) in [7, 11) is 0. The topological polar surface area (TPSA) is 32.7 Å². The zero-order chi connectivity index (χ0) is 12.1. The van der Waals surface area contributed by atoms with Crippen LogP contribution in [0.15, 0.2) is 18.2 Å². The second-order valence-electron chi connectivity index (χ2n) is 4.28. The first-order chi connectivity index (χ1) is 8.29. The summed E-state index contributed by atoms with van der Waals surface area (Å²) in [5.74, 6) is 3.01. The SMILES string of the molecule is C#CCOc1cc(CN2CCCC2)ccc1O. The Balaban J connectivity index is 2.04. The molecule has 0 spiro atoms. The normalized spacial score (nSPS) is 15.7. The quantitative estimate of drug-likeness (QED) is 0.804. The zero-order valence-corrected chi connectivity index (χ0v) is 9.85. The Morgan fingerprint density at radius 3 is 2.82 bits per heavy atom. The van der Waals surface area contributed by atoms with Crippen molar-refractivity contribution in [3.63, 3.8) is 0 Å². The maximum Gasteiger partial charge on any atom is 0.162 e. The number of rotatable bonds is 4. The van der Waals surface area contributed by atoms with Gasteiger partial charge in [-0.1, -0.05) is 12.0 Å². The fraction of sp³-hybridized carbons (Fsp3) is 0.429. The highest BCUT2D eigenvalue weighted by molar-refractivity contribution is 5.42. The van der Waals surface area contributed by atoms with E-state index in [2.05, 4.69) is 10.8 Å². The van der Waals surface area contributed by atoms with Gasteiger partial charge in [0.25, 0.3) is 0 Å². The van der Waals surface area contributed by atoms with Gasteiger partial charge in [0.2, 0.25) is 0 Å². The molecule has 3 heteroatoms. The minimum atomic E-state index is 0.144. The van der Waals surface area contributed by atoms with Gasteiger partial charge in [0.15, 0.2) is 11.5 Å². The third-order valence-electron chi connectivity index (χ3n) is 2.94. The molecular weight excluding hydrogens is 214 g/mol. The molecule has 3 nitrogen and oxygen atoms in total. The maximum atomic E-state index is 9.62. The molecule has 0 atom stereocenters. The van der Waals surface area contributed by atoms with Crippen LogP contribution >= 0.6 is 0 Å². The molecule has 2 rings (SSSR count). The smallest absolute Gasteiger partial charge is 0.162 e. The number of terminal acetylenes is 1. The first-order valence-corrected chi connectivity index (χ1v) is 5.90. The average molecular weight is 231 g/mol. The summed E-state index contributed by atoms with van der Waals surface area (Å²) in [6, 6.07) is 5.46. The van der Waals surface area contributed by atoms with Crippen molar-refractivity contribution in [1.82, 2.24) is 4.90 Å². The summed E-state index contributed by atoms with van der Waals surface area (Å²) < 4.78 is 5.29. The molecule has 0 aliphatic carbocycles. The molecule has 1 saturated heterocycles. The number of ether oxygens (including phenoxy) is 1. The van der Waals surface area contributed by atoms with Gasteiger partial charge in [-0.25, -0.2) is 0 Å². The molecule has 1 fully saturated rings. The van der Waals surface area contributed by atoms with E-state index in [-0.39, 0.29) is 12.4 Å². The Hall–Kier alpha value is -1.66. The van der Waals surface area contributed by atoms with Crippen molar-refractivity contribution in [3.8, 4) is 23.8 Å². The summed E-state index contributed by atoms with van der Waals surface area (Å²) in [5.41, 5.74) is 1.15. The molecule has 0 bridgehead atoms. The van der Waals surface area contributed by atoms with E-state index in [0.717, 1.165) is 25.2 Å². The number of nitrogens with zero attached hydrogens (tertiary/aromatic N) is 1. The lowest BCUT2D eigenvalue weighted by Gasteiger charge is -2.15. The second-order valence-corrected chi connectivity index (χ2v) is 4.28. The second kappa shape index (κ2) is 5.60. The Labute approximate surface area is 102 Å². The van der Waals surface area contributed by atoms with Crippen LogP contribution in [0.5, 0.6) is 11.5 Å². The van der Waals surface area contributed by atoms with Gasteiger partial charge in [-0.05, 0) is 43.6 Å². The van der Waals surface area contributed by atoms with Crippen LogP contribution in [0.3, 0.4) is 0 Å². The van der Waals surface area contributed by atoms with E-state index in [0.29, 0.717) is 5.75 Å². The van der Waals surface area contributed by atoms with Crippen LogP contribution < -0.4 is 4.74 Å². The van der Waals surface area contributed by atoms with Crippen LogP contribution in [0.4, 0.5) is 0 Å². The lowest BCUT2D eigenvalue weighted by Crippen LogP contribution is -2.18. The molecule has 1 N–H and O–H groups in total. The Kier molecular flexibility index (Phi) is 3.89. The van der Waals surface area contributed by atoms with Crippen LogP contribution in [-0.4, -0.2) is 29.7 Å². The zero-order valence-electron chi connectivity index (χ0n) is 9.85. The van der Waals surface area contributed by atoms with Gasteiger partial charge < -0.3 is 9.84 Å². The molecule has 1 heterocycles. The van der Waals surface area contributed by atoms with Gasteiger partial charge in [-0.2, -0.15) is 0 Å². The molecule has 1 aliphatic rings. The van der Waals surface area contributed by atoms with Crippen molar-refractivity contribution >= 4 is 0 Å². The largest absolute Gasteiger partial charge is 0.504 e. The van der Waals surface area contributed by atoms with Gasteiger partial charge in [0, 0.05) is 6.54 Å². The highest BCUT2D eigenvalue weighted by Crippen LogP contribution is 2.27. The van der Waals surface area contributed by atoms with Crippen molar-refractivity contribution < 1.29 is 9.84 Å². The van der Waals surface area contributed by atoms with Gasteiger partial charge in [-0.15, -0.1) is 6.42 Å². The monoisotopic (exact) mass is 231 g/mol. The van der Waals surface area contributed by atoms with Crippen molar-refractivity contribution in [1.29, 1.82) is 0 Å². The van der Waals surface area contributed by atoms with Crippen LogP contribution in [0, 0.1) is 12.3 Å². The third kappa shape index (κ3) is 3.15. The number of benzene rings is 1. The highest BCUT2D eigenvalue weighted by Gasteiger charge is 2.12.